The highest BCUT2D eigenvalue weighted by Gasteiger charge is 1.99. The van der Waals surface area contributed by atoms with Gasteiger partial charge in [0, 0.05) is 6.54 Å². The first kappa shape index (κ1) is 14.0. The first-order valence-corrected chi connectivity index (χ1v) is 6.33. The summed E-state index contributed by atoms with van der Waals surface area (Å²) in [7, 11) is 0. The number of unbranched alkanes of at least 4 members (excludes halogenated alkanes) is 2. The number of aryl methyl sites for hydroxylation is 1. The van der Waals surface area contributed by atoms with Gasteiger partial charge in [0.1, 0.15) is 18.2 Å². The second-order valence-electron chi connectivity index (χ2n) is 4.22. The molecule has 0 amide bonds. The van der Waals surface area contributed by atoms with Gasteiger partial charge in [-0.25, -0.2) is 4.39 Å². The van der Waals surface area contributed by atoms with Crippen molar-refractivity contribution >= 4 is 0 Å². The Balaban J connectivity index is 2.11. The van der Waals surface area contributed by atoms with E-state index in [0.29, 0.717) is 12.2 Å². The number of rotatable bonds is 8. The monoisotopic (exact) mass is 239 g/mol. The maximum Gasteiger partial charge on any atom is 0.126 e. The third kappa shape index (κ3) is 5.68. The largest absolute Gasteiger partial charge is 0.492 e. The molecule has 96 valence electrons. The van der Waals surface area contributed by atoms with E-state index in [4.69, 9.17) is 4.74 Å². The summed E-state index contributed by atoms with van der Waals surface area (Å²) in [6, 6.07) is 4.84. The molecule has 1 rings (SSSR count). The van der Waals surface area contributed by atoms with Crippen molar-refractivity contribution in [2.45, 2.75) is 33.1 Å². The number of benzene rings is 1. The molecule has 0 aliphatic rings. The highest BCUT2D eigenvalue weighted by atomic mass is 19.1. The quantitative estimate of drug-likeness (QED) is 0.703. The van der Waals surface area contributed by atoms with E-state index >= 15 is 0 Å². The van der Waals surface area contributed by atoms with Crippen molar-refractivity contribution in [1.82, 2.24) is 5.32 Å². The molecule has 0 heterocycles. The van der Waals surface area contributed by atoms with Gasteiger partial charge in [0.25, 0.3) is 0 Å². The SMILES string of the molecule is CCCCCNCCOc1ccc(F)c(C)c1. The third-order valence-electron chi connectivity index (χ3n) is 2.63. The lowest BCUT2D eigenvalue weighted by Crippen LogP contribution is -2.22. The average Bonchev–Trinajstić information content (AvgIpc) is 2.32. The molecule has 0 aromatic heterocycles. The summed E-state index contributed by atoms with van der Waals surface area (Å²) in [6.45, 7) is 6.43. The minimum Gasteiger partial charge on any atom is -0.492 e. The topological polar surface area (TPSA) is 21.3 Å². The van der Waals surface area contributed by atoms with Crippen molar-refractivity contribution in [1.29, 1.82) is 0 Å². The van der Waals surface area contributed by atoms with E-state index < -0.39 is 0 Å². The summed E-state index contributed by atoms with van der Waals surface area (Å²) in [5.74, 6) is 0.550. The molecule has 0 aliphatic carbocycles. The van der Waals surface area contributed by atoms with Crippen LogP contribution in [0.15, 0.2) is 18.2 Å². The van der Waals surface area contributed by atoms with Gasteiger partial charge >= 0.3 is 0 Å². The minimum absolute atomic E-state index is 0.185. The fourth-order valence-corrected chi connectivity index (χ4v) is 1.57. The maximum absolute atomic E-state index is 13.0. The van der Waals surface area contributed by atoms with Gasteiger partial charge in [-0.15, -0.1) is 0 Å². The van der Waals surface area contributed by atoms with Crippen LogP contribution in [-0.4, -0.2) is 19.7 Å². The summed E-state index contributed by atoms with van der Waals surface area (Å²) >= 11 is 0. The van der Waals surface area contributed by atoms with E-state index in [9.17, 15) is 4.39 Å². The molecule has 0 unspecified atom stereocenters. The van der Waals surface area contributed by atoms with Crippen LogP contribution in [0.4, 0.5) is 4.39 Å². The van der Waals surface area contributed by atoms with Crippen LogP contribution in [0.3, 0.4) is 0 Å². The number of ether oxygens (including phenoxy) is 1. The Kier molecular flexibility index (Phi) is 6.63. The zero-order chi connectivity index (χ0) is 12.5. The van der Waals surface area contributed by atoms with Crippen molar-refractivity contribution in [3.63, 3.8) is 0 Å². The van der Waals surface area contributed by atoms with Crippen LogP contribution in [0.25, 0.3) is 0 Å². The maximum atomic E-state index is 13.0. The van der Waals surface area contributed by atoms with Gasteiger partial charge < -0.3 is 10.1 Å². The summed E-state index contributed by atoms with van der Waals surface area (Å²) in [6.07, 6.45) is 3.73. The predicted octanol–water partition coefficient (Wildman–Crippen LogP) is 3.29. The van der Waals surface area contributed by atoms with Crippen molar-refractivity contribution in [3.05, 3.63) is 29.6 Å². The van der Waals surface area contributed by atoms with Crippen molar-refractivity contribution in [2.75, 3.05) is 19.7 Å². The summed E-state index contributed by atoms with van der Waals surface area (Å²) in [5, 5.41) is 3.32. The molecule has 0 spiro atoms. The molecule has 0 fully saturated rings. The lowest BCUT2D eigenvalue weighted by Gasteiger charge is -2.08. The third-order valence-corrected chi connectivity index (χ3v) is 2.63. The average molecular weight is 239 g/mol. The van der Waals surface area contributed by atoms with Crippen LogP contribution in [0.5, 0.6) is 5.75 Å². The molecule has 1 aromatic rings. The first-order valence-electron chi connectivity index (χ1n) is 6.33. The molecule has 0 aliphatic heterocycles. The Morgan fingerprint density at radius 1 is 1.24 bits per heavy atom. The van der Waals surface area contributed by atoms with Crippen LogP contribution >= 0.6 is 0 Å². The Hall–Kier alpha value is -1.09. The molecule has 0 saturated heterocycles. The highest BCUT2D eigenvalue weighted by molar-refractivity contribution is 5.28. The standard InChI is InChI=1S/C14H22FNO/c1-3-4-5-8-16-9-10-17-13-6-7-14(15)12(2)11-13/h6-7,11,16H,3-5,8-10H2,1-2H3. The van der Waals surface area contributed by atoms with E-state index in [1.165, 1.54) is 25.3 Å². The molecule has 3 heteroatoms. The van der Waals surface area contributed by atoms with Gasteiger partial charge in [-0.3, -0.25) is 0 Å². The van der Waals surface area contributed by atoms with Gasteiger partial charge in [-0.2, -0.15) is 0 Å². The van der Waals surface area contributed by atoms with Gasteiger partial charge in [0.2, 0.25) is 0 Å². The normalized spacial score (nSPS) is 10.5. The number of hydrogen-bond acceptors (Lipinski definition) is 2. The van der Waals surface area contributed by atoms with Gasteiger partial charge in [-0.05, 0) is 43.7 Å². The smallest absolute Gasteiger partial charge is 0.126 e. The van der Waals surface area contributed by atoms with E-state index in [2.05, 4.69) is 12.2 Å². The Labute approximate surface area is 103 Å². The van der Waals surface area contributed by atoms with E-state index in [-0.39, 0.29) is 5.82 Å². The molecule has 17 heavy (non-hydrogen) atoms. The minimum atomic E-state index is -0.185. The number of halogens is 1. The highest BCUT2D eigenvalue weighted by Crippen LogP contribution is 2.15. The van der Waals surface area contributed by atoms with E-state index in [1.807, 2.05) is 0 Å². The number of hydrogen-bond donors (Lipinski definition) is 1. The van der Waals surface area contributed by atoms with Crippen LogP contribution in [0.1, 0.15) is 31.7 Å². The summed E-state index contributed by atoms with van der Waals surface area (Å²) in [4.78, 5) is 0. The zero-order valence-corrected chi connectivity index (χ0v) is 10.8. The van der Waals surface area contributed by atoms with Gasteiger partial charge in [0.15, 0.2) is 0 Å². The van der Waals surface area contributed by atoms with Crippen LogP contribution in [0.2, 0.25) is 0 Å². The molecule has 1 N–H and O–H groups in total. The fourth-order valence-electron chi connectivity index (χ4n) is 1.57. The van der Waals surface area contributed by atoms with E-state index in [1.54, 1.807) is 19.1 Å². The predicted molar refractivity (Wildman–Crippen MR) is 69.0 cm³/mol. The molecule has 0 bridgehead atoms. The second-order valence-corrected chi connectivity index (χ2v) is 4.22. The second kappa shape index (κ2) is 8.07. The van der Waals surface area contributed by atoms with Crippen LogP contribution in [0, 0.1) is 12.7 Å². The van der Waals surface area contributed by atoms with Crippen molar-refractivity contribution < 1.29 is 9.13 Å². The lowest BCUT2D eigenvalue weighted by atomic mass is 10.2. The zero-order valence-electron chi connectivity index (χ0n) is 10.8. The summed E-state index contributed by atoms with van der Waals surface area (Å²) < 4.78 is 18.5. The Morgan fingerprint density at radius 2 is 2.06 bits per heavy atom. The Bertz CT molecular complexity index is 328. The summed E-state index contributed by atoms with van der Waals surface area (Å²) in [5.41, 5.74) is 0.624. The molecular weight excluding hydrogens is 217 g/mol. The molecule has 0 saturated carbocycles. The first-order chi connectivity index (χ1) is 8.24. The van der Waals surface area contributed by atoms with Crippen LogP contribution < -0.4 is 10.1 Å². The molecule has 1 aromatic carbocycles. The van der Waals surface area contributed by atoms with Gasteiger partial charge in [-0.1, -0.05) is 19.8 Å². The van der Waals surface area contributed by atoms with Crippen molar-refractivity contribution in [2.24, 2.45) is 0 Å². The van der Waals surface area contributed by atoms with Gasteiger partial charge in [0.05, 0.1) is 0 Å². The number of nitrogens with one attached hydrogen (secondary N) is 1. The fraction of sp³-hybridized carbons (Fsp3) is 0.571. The molecule has 0 atom stereocenters. The Morgan fingerprint density at radius 3 is 2.76 bits per heavy atom. The lowest BCUT2D eigenvalue weighted by molar-refractivity contribution is 0.313. The van der Waals surface area contributed by atoms with Crippen LogP contribution in [-0.2, 0) is 0 Å². The molecule has 2 nitrogen and oxygen atoms in total. The van der Waals surface area contributed by atoms with E-state index in [0.717, 1.165) is 18.8 Å². The molecular formula is C14H22FNO. The van der Waals surface area contributed by atoms with Crippen molar-refractivity contribution in [3.8, 4) is 5.75 Å². The molecule has 0 radical (unpaired) electrons.